The monoisotopic (exact) mass is 495 g/mol. The number of aromatic nitrogens is 3. The van der Waals surface area contributed by atoms with Gasteiger partial charge in [-0.15, -0.1) is 0 Å². The SMILES string of the molecule is CCCCSc1n[n+]2c(c(=O)[nH]1)-c1ccccc1N(C(C)=O)[C@H]2c1ccc(OC)c(OC(C)=O)c1. The molecule has 0 bridgehead atoms. The van der Waals surface area contributed by atoms with E-state index in [0.717, 1.165) is 18.6 Å². The number of amides is 1. The summed E-state index contributed by atoms with van der Waals surface area (Å²) in [6, 6.07) is 12.3. The average molecular weight is 496 g/mol. The van der Waals surface area contributed by atoms with Gasteiger partial charge in [-0.1, -0.05) is 37.2 Å². The van der Waals surface area contributed by atoms with E-state index in [9.17, 15) is 14.4 Å². The quantitative estimate of drug-likeness (QED) is 0.176. The molecule has 1 aliphatic heterocycles. The standard InChI is InChI=1S/C25H26N4O5S/c1-5-6-13-35-25-26-23(32)22-18-9-7-8-10-19(18)28(15(2)30)24(29(22)27-25)17-11-12-20(33-4)21(14-17)34-16(3)31/h7-12,14,24H,5-6,13H2,1-4H3/p+1/t24-/m1/s1. The third-order valence-electron chi connectivity index (χ3n) is 5.57. The number of carbonyl (C=O) groups excluding carboxylic acids is 2. The molecule has 0 saturated heterocycles. The summed E-state index contributed by atoms with van der Waals surface area (Å²) in [5, 5.41) is 5.23. The molecule has 0 aliphatic carbocycles. The Labute approximate surface area is 207 Å². The van der Waals surface area contributed by atoms with E-state index in [2.05, 4.69) is 11.9 Å². The highest BCUT2D eigenvalue weighted by Gasteiger charge is 2.45. The van der Waals surface area contributed by atoms with Crippen LogP contribution in [-0.4, -0.2) is 34.8 Å². The second kappa shape index (κ2) is 10.3. The van der Waals surface area contributed by atoms with Crippen molar-refractivity contribution >= 4 is 29.3 Å². The van der Waals surface area contributed by atoms with Gasteiger partial charge in [0.1, 0.15) is 0 Å². The summed E-state index contributed by atoms with van der Waals surface area (Å²) < 4.78 is 12.3. The van der Waals surface area contributed by atoms with Gasteiger partial charge in [0.2, 0.25) is 11.1 Å². The zero-order valence-electron chi connectivity index (χ0n) is 20.0. The van der Waals surface area contributed by atoms with Crippen molar-refractivity contribution in [1.82, 2.24) is 10.1 Å². The van der Waals surface area contributed by atoms with Gasteiger partial charge in [-0.05, 0) is 41.4 Å². The molecule has 1 N–H and O–H groups in total. The molecule has 10 heteroatoms. The van der Waals surface area contributed by atoms with Crippen LogP contribution in [-0.2, 0) is 9.59 Å². The fraction of sp³-hybridized carbons (Fsp3) is 0.320. The predicted octanol–water partition coefficient (Wildman–Crippen LogP) is 3.46. The number of hydrogen-bond acceptors (Lipinski definition) is 7. The molecule has 35 heavy (non-hydrogen) atoms. The Morgan fingerprint density at radius 3 is 2.63 bits per heavy atom. The van der Waals surface area contributed by atoms with Crippen molar-refractivity contribution in [1.29, 1.82) is 0 Å². The number of rotatable bonds is 7. The molecule has 1 aliphatic rings. The molecule has 0 fully saturated rings. The lowest BCUT2D eigenvalue weighted by Crippen LogP contribution is -2.60. The van der Waals surface area contributed by atoms with Gasteiger partial charge in [-0.25, -0.2) is 4.90 Å². The van der Waals surface area contributed by atoms with E-state index in [1.54, 1.807) is 39.9 Å². The van der Waals surface area contributed by atoms with Gasteiger partial charge < -0.3 is 9.47 Å². The van der Waals surface area contributed by atoms with Crippen LogP contribution in [0.25, 0.3) is 11.3 Å². The number of ether oxygens (including phenoxy) is 2. The maximum absolute atomic E-state index is 13.3. The van der Waals surface area contributed by atoms with E-state index in [4.69, 9.17) is 14.6 Å². The minimum Gasteiger partial charge on any atom is -0.493 e. The van der Waals surface area contributed by atoms with Crippen LogP contribution in [0.3, 0.4) is 0 Å². The summed E-state index contributed by atoms with van der Waals surface area (Å²) >= 11 is 1.46. The Hall–Kier alpha value is -3.66. The predicted molar refractivity (Wildman–Crippen MR) is 132 cm³/mol. The number of hydrogen-bond donors (Lipinski definition) is 1. The zero-order valence-corrected chi connectivity index (χ0v) is 20.8. The number of para-hydroxylation sites is 1. The molecule has 4 rings (SSSR count). The molecule has 2 heterocycles. The van der Waals surface area contributed by atoms with Crippen LogP contribution in [0.2, 0.25) is 0 Å². The third-order valence-corrected chi connectivity index (χ3v) is 6.52. The number of nitrogens with one attached hydrogen (secondary N) is 1. The summed E-state index contributed by atoms with van der Waals surface area (Å²) in [6.07, 6.45) is 1.21. The molecule has 1 atom stereocenters. The molecule has 1 aromatic heterocycles. The summed E-state index contributed by atoms with van der Waals surface area (Å²) in [7, 11) is 1.48. The smallest absolute Gasteiger partial charge is 0.325 e. The molecule has 2 aromatic carbocycles. The summed E-state index contributed by atoms with van der Waals surface area (Å²) in [6.45, 7) is 4.87. The van der Waals surface area contributed by atoms with Gasteiger partial charge in [0.15, 0.2) is 11.5 Å². The number of esters is 1. The Kier molecular flexibility index (Phi) is 7.20. The minimum absolute atomic E-state index is 0.212. The van der Waals surface area contributed by atoms with Crippen LogP contribution in [0, 0.1) is 0 Å². The molecule has 0 unspecified atom stereocenters. The lowest BCUT2D eigenvalue weighted by molar-refractivity contribution is -0.763. The second-order valence-electron chi connectivity index (χ2n) is 8.04. The van der Waals surface area contributed by atoms with Crippen LogP contribution in [0.4, 0.5) is 5.69 Å². The normalized spacial score (nSPS) is 14.2. The Morgan fingerprint density at radius 2 is 1.94 bits per heavy atom. The summed E-state index contributed by atoms with van der Waals surface area (Å²) in [5.41, 5.74) is 1.84. The number of carbonyl (C=O) groups is 2. The van der Waals surface area contributed by atoms with E-state index < -0.39 is 12.1 Å². The number of thioether (sulfide) groups is 1. The molecule has 182 valence electrons. The Bertz CT molecular complexity index is 1340. The minimum atomic E-state index is -0.787. The van der Waals surface area contributed by atoms with Crippen molar-refractivity contribution in [2.24, 2.45) is 0 Å². The first-order valence-corrected chi connectivity index (χ1v) is 12.3. The maximum Gasteiger partial charge on any atom is 0.325 e. The topological polar surface area (TPSA) is 105 Å². The fourth-order valence-electron chi connectivity index (χ4n) is 4.08. The number of aromatic amines is 1. The molecule has 1 amide bonds. The van der Waals surface area contributed by atoms with Crippen LogP contribution in [0.15, 0.2) is 52.4 Å². The molecular formula is C25H27N4O5S+. The van der Waals surface area contributed by atoms with Crippen LogP contribution >= 0.6 is 11.8 Å². The first kappa shape index (κ1) is 24.5. The van der Waals surface area contributed by atoms with Gasteiger partial charge in [0.25, 0.3) is 6.17 Å². The van der Waals surface area contributed by atoms with Crippen molar-refractivity contribution < 1.29 is 23.7 Å². The Morgan fingerprint density at radius 1 is 1.17 bits per heavy atom. The highest BCUT2D eigenvalue weighted by molar-refractivity contribution is 7.99. The van der Waals surface area contributed by atoms with E-state index in [-0.39, 0.29) is 17.2 Å². The molecule has 0 radical (unpaired) electrons. The van der Waals surface area contributed by atoms with Crippen molar-refractivity contribution in [3.63, 3.8) is 0 Å². The number of benzene rings is 2. The van der Waals surface area contributed by atoms with E-state index in [1.165, 1.54) is 32.7 Å². The third kappa shape index (κ3) is 4.79. The van der Waals surface area contributed by atoms with Gasteiger partial charge in [0, 0.05) is 30.3 Å². The van der Waals surface area contributed by atoms with E-state index >= 15 is 0 Å². The first-order valence-electron chi connectivity index (χ1n) is 11.3. The first-order chi connectivity index (χ1) is 16.8. The van der Waals surface area contributed by atoms with Crippen LogP contribution < -0.4 is 24.6 Å². The largest absolute Gasteiger partial charge is 0.493 e. The van der Waals surface area contributed by atoms with Crippen LogP contribution in [0.5, 0.6) is 11.5 Å². The highest BCUT2D eigenvalue weighted by atomic mass is 32.2. The van der Waals surface area contributed by atoms with Gasteiger partial charge in [-0.3, -0.25) is 19.4 Å². The Balaban J connectivity index is 1.97. The van der Waals surface area contributed by atoms with Crippen LogP contribution in [0.1, 0.15) is 45.3 Å². The van der Waals surface area contributed by atoms with Gasteiger partial charge in [-0.2, -0.15) is 0 Å². The van der Waals surface area contributed by atoms with Crippen molar-refractivity contribution in [2.45, 2.75) is 44.9 Å². The van der Waals surface area contributed by atoms with Gasteiger partial charge >= 0.3 is 17.2 Å². The lowest BCUT2D eigenvalue weighted by atomic mass is 10.0. The van der Waals surface area contributed by atoms with Crippen molar-refractivity contribution in [2.75, 3.05) is 17.8 Å². The summed E-state index contributed by atoms with van der Waals surface area (Å²) in [5.74, 6) is 0.650. The van der Waals surface area contributed by atoms with Gasteiger partial charge in [0.05, 0.1) is 18.4 Å². The number of unbranched alkanes of at least 4 members (excludes halogenated alkanes) is 1. The number of H-pyrrole nitrogens is 1. The lowest BCUT2D eigenvalue weighted by Gasteiger charge is -2.31. The fourth-order valence-corrected chi connectivity index (χ4v) is 5.02. The van der Waals surface area contributed by atoms with E-state index in [0.29, 0.717) is 33.4 Å². The molecule has 9 nitrogen and oxygen atoms in total. The molecular weight excluding hydrogens is 468 g/mol. The number of anilines is 1. The average Bonchev–Trinajstić information content (AvgIpc) is 2.82. The molecule has 0 spiro atoms. The number of methoxy groups -OCH3 is 1. The second-order valence-corrected chi connectivity index (χ2v) is 9.12. The highest BCUT2D eigenvalue weighted by Crippen LogP contribution is 2.39. The van der Waals surface area contributed by atoms with Crippen molar-refractivity contribution in [3.8, 4) is 22.8 Å². The molecule has 0 saturated carbocycles. The maximum atomic E-state index is 13.3. The zero-order chi connectivity index (χ0) is 25.1. The van der Waals surface area contributed by atoms with Crippen molar-refractivity contribution in [3.05, 3.63) is 58.4 Å². The summed E-state index contributed by atoms with van der Waals surface area (Å²) in [4.78, 5) is 42.5. The number of fused-ring (bicyclic) bond motifs is 3. The number of nitrogens with zero attached hydrogens (tertiary/aromatic N) is 3. The van der Waals surface area contributed by atoms with E-state index in [1.807, 2.05) is 12.1 Å². The molecule has 3 aromatic rings.